The highest BCUT2D eigenvalue weighted by Gasteiger charge is 2.11. The summed E-state index contributed by atoms with van der Waals surface area (Å²) in [6.07, 6.45) is 3.05. The number of amides is 2. The molecule has 0 radical (unpaired) electrons. The Balaban J connectivity index is 1.86. The molecule has 20 heavy (non-hydrogen) atoms. The van der Waals surface area contributed by atoms with Gasteiger partial charge in [-0.3, -0.25) is 10.1 Å². The first-order valence-electron chi connectivity index (χ1n) is 6.22. The Bertz CT molecular complexity index is 598. The fourth-order valence-electron chi connectivity index (χ4n) is 1.80. The van der Waals surface area contributed by atoms with Crippen molar-refractivity contribution in [3.05, 3.63) is 41.7 Å². The van der Waals surface area contributed by atoms with Gasteiger partial charge in [-0.1, -0.05) is 0 Å². The van der Waals surface area contributed by atoms with Gasteiger partial charge in [-0.2, -0.15) is 5.10 Å². The summed E-state index contributed by atoms with van der Waals surface area (Å²) in [5.74, 6) is -0.571. The van der Waals surface area contributed by atoms with Crippen molar-refractivity contribution in [2.45, 2.75) is 26.3 Å². The van der Waals surface area contributed by atoms with Crippen molar-refractivity contribution < 1.29 is 9.18 Å². The van der Waals surface area contributed by atoms with Crippen LogP contribution in [0.4, 0.5) is 14.9 Å². The summed E-state index contributed by atoms with van der Waals surface area (Å²) in [7, 11) is 0. The third-order valence-electron chi connectivity index (χ3n) is 2.67. The number of carbonyl (C=O) groups is 1. The van der Waals surface area contributed by atoms with Gasteiger partial charge in [0.25, 0.3) is 0 Å². The van der Waals surface area contributed by atoms with E-state index in [-0.39, 0.29) is 11.7 Å². The molecule has 2 aromatic heterocycles. The van der Waals surface area contributed by atoms with Crippen LogP contribution < -0.4 is 10.6 Å². The van der Waals surface area contributed by atoms with Crippen molar-refractivity contribution in [2.75, 3.05) is 5.32 Å². The lowest BCUT2D eigenvalue weighted by Crippen LogP contribution is -2.37. The van der Waals surface area contributed by atoms with Gasteiger partial charge < -0.3 is 10.6 Å². The average Bonchev–Trinajstić information content (AvgIpc) is 2.77. The molecule has 1 unspecified atom stereocenters. The maximum atomic E-state index is 13.3. The topological polar surface area (TPSA) is 82.7 Å². The van der Waals surface area contributed by atoms with Crippen LogP contribution in [0, 0.1) is 12.7 Å². The molecule has 1 atom stereocenters. The molecule has 2 amide bonds. The lowest BCUT2D eigenvalue weighted by atomic mass is 10.2. The standard InChI is InChI=1S/C13H16FN5O/c1-8(5-10-6-9(2)18-19-10)16-13(20)17-12-3-4-15-7-11(12)14/h3-4,6-8H,5H2,1-2H3,(H,18,19)(H2,15,16,17,20). The van der Waals surface area contributed by atoms with Gasteiger partial charge in [-0.15, -0.1) is 0 Å². The minimum atomic E-state index is -0.571. The number of hydrogen-bond acceptors (Lipinski definition) is 3. The van der Waals surface area contributed by atoms with Gasteiger partial charge in [0.15, 0.2) is 5.82 Å². The predicted molar refractivity (Wildman–Crippen MR) is 72.8 cm³/mol. The molecule has 7 heteroatoms. The number of carbonyl (C=O) groups excluding carboxylic acids is 1. The number of aromatic amines is 1. The fraction of sp³-hybridized carbons (Fsp3) is 0.308. The van der Waals surface area contributed by atoms with Crippen LogP contribution in [0.3, 0.4) is 0 Å². The normalized spacial score (nSPS) is 11.9. The summed E-state index contributed by atoms with van der Waals surface area (Å²) in [5.41, 5.74) is 1.93. The van der Waals surface area contributed by atoms with Crippen LogP contribution in [0.15, 0.2) is 24.5 Å². The smallest absolute Gasteiger partial charge is 0.319 e. The van der Waals surface area contributed by atoms with Crippen molar-refractivity contribution in [1.82, 2.24) is 20.5 Å². The van der Waals surface area contributed by atoms with Crippen LogP contribution in [0.25, 0.3) is 0 Å². The van der Waals surface area contributed by atoms with E-state index in [0.29, 0.717) is 6.42 Å². The number of aromatic nitrogens is 3. The highest BCUT2D eigenvalue weighted by Crippen LogP contribution is 2.10. The quantitative estimate of drug-likeness (QED) is 0.799. The zero-order chi connectivity index (χ0) is 14.5. The number of urea groups is 1. The zero-order valence-electron chi connectivity index (χ0n) is 11.3. The molecule has 106 valence electrons. The highest BCUT2D eigenvalue weighted by atomic mass is 19.1. The van der Waals surface area contributed by atoms with Gasteiger partial charge in [0.1, 0.15) is 0 Å². The Labute approximate surface area is 115 Å². The molecule has 0 bridgehead atoms. The molecule has 2 heterocycles. The van der Waals surface area contributed by atoms with E-state index in [1.807, 2.05) is 19.9 Å². The van der Waals surface area contributed by atoms with Crippen LogP contribution in [0.5, 0.6) is 0 Å². The summed E-state index contributed by atoms with van der Waals surface area (Å²) in [6.45, 7) is 3.76. The van der Waals surface area contributed by atoms with Gasteiger partial charge in [-0.05, 0) is 26.0 Å². The van der Waals surface area contributed by atoms with Crippen LogP contribution in [-0.4, -0.2) is 27.3 Å². The minimum Gasteiger partial charge on any atom is -0.335 e. The molecule has 2 rings (SSSR count). The summed E-state index contributed by atoms with van der Waals surface area (Å²) in [5, 5.41) is 12.1. The van der Waals surface area contributed by atoms with E-state index in [1.54, 1.807) is 0 Å². The number of pyridine rings is 1. The minimum absolute atomic E-state index is 0.0975. The number of nitrogens with zero attached hydrogens (tertiary/aromatic N) is 2. The molecule has 0 saturated carbocycles. The molecular formula is C13H16FN5O. The van der Waals surface area contributed by atoms with Crippen molar-refractivity contribution >= 4 is 11.7 Å². The second kappa shape index (κ2) is 6.14. The maximum Gasteiger partial charge on any atom is 0.319 e. The summed E-state index contributed by atoms with van der Waals surface area (Å²) >= 11 is 0. The lowest BCUT2D eigenvalue weighted by Gasteiger charge is -2.13. The van der Waals surface area contributed by atoms with Crippen LogP contribution in [-0.2, 0) is 6.42 Å². The first-order valence-corrected chi connectivity index (χ1v) is 6.22. The predicted octanol–water partition coefficient (Wildman–Crippen LogP) is 2.00. The number of anilines is 1. The molecule has 0 fully saturated rings. The van der Waals surface area contributed by atoms with E-state index in [4.69, 9.17) is 0 Å². The highest BCUT2D eigenvalue weighted by molar-refractivity contribution is 5.89. The molecule has 6 nitrogen and oxygen atoms in total. The summed E-state index contributed by atoms with van der Waals surface area (Å²) in [6, 6.07) is 2.73. The van der Waals surface area contributed by atoms with E-state index < -0.39 is 11.8 Å². The van der Waals surface area contributed by atoms with Crippen molar-refractivity contribution in [1.29, 1.82) is 0 Å². The largest absolute Gasteiger partial charge is 0.335 e. The first-order chi connectivity index (χ1) is 9.54. The van der Waals surface area contributed by atoms with Gasteiger partial charge in [0, 0.05) is 24.4 Å². The molecule has 2 aromatic rings. The second-order valence-electron chi connectivity index (χ2n) is 4.60. The van der Waals surface area contributed by atoms with Crippen molar-refractivity contribution in [3.63, 3.8) is 0 Å². The van der Waals surface area contributed by atoms with Crippen molar-refractivity contribution in [3.8, 4) is 0 Å². The summed E-state index contributed by atoms with van der Waals surface area (Å²) in [4.78, 5) is 15.3. The van der Waals surface area contributed by atoms with Gasteiger partial charge in [0.2, 0.25) is 0 Å². The van der Waals surface area contributed by atoms with Crippen LogP contribution >= 0.6 is 0 Å². The number of rotatable bonds is 4. The Morgan fingerprint density at radius 1 is 1.55 bits per heavy atom. The van der Waals surface area contributed by atoms with E-state index in [0.717, 1.165) is 17.6 Å². The molecule has 0 aliphatic heterocycles. The average molecular weight is 277 g/mol. The fourth-order valence-corrected chi connectivity index (χ4v) is 1.80. The Morgan fingerprint density at radius 2 is 2.35 bits per heavy atom. The van der Waals surface area contributed by atoms with E-state index >= 15 is 0 Å². The molecule has 0 aromatic carbocycles. The molecule has 0 aliphatic rings. The Hall–Kier alpha value is -2.44. The Morgan fingerprint density at radius 3 is 3.00 bits per heavy atom. The third-order valence-corrected chi connectivity index (χ3v) is 2.67. The number of H-pyrrole nitrogens is 1. The summed E-state index contributed by atoms with van der Waals surface area (Å²) < 4.78 is 13.3. The molecule has 3 N–H and O–H groups in total. The van der Waals surface area contributed by atoms with Crippen LogP contribution in [0.2, 0.25) is 0 Å². The number of aryl methyl sites for hydroxylation is 1. The third kappa shape index (κ3) is 3.78. The molecule has 0 aliphatic carbocycles. The molecular weight excluding hydrogens is 261 g/mol. The van der Waals surface area contributed by atoms with Crippen LogP contribution in [0.1, 0.15) is 18.3 Å². The first kappa shape index (κ1) is 14.0. The zero-order valence-corrected chi connectivity index (χ0v) is 11.3. The number of halogens is 1. The van der Waals surface area contributed by atoms with Gasteiger partial charge in [0.05, 0.1) is 17.6 Å². The molecule has 0 saturated heterocycles. The lowest BCUT2D eigenvalue weighted by molar-refractivity contribution is 0.249. The van der Waals surface area contributed by atoms with E-state index in [1.165, 1.54) is 12.3 Å². The number of hydrogen-bond donors (Lipinski definition) is 3. The Kier molecular flexibility index (Phi) is 4.29. The van der Waals surface area contributed by atoms with E-state index in [2.05, 4.69) is 25.8 Å². The second-order valence-corrected chi connectivity index (χ2v) is 4.60. The van der Waals surface area contributed by atoms with Gasteiger partial charge in [-0.25, -0.2) is 9.18 Å². The van der Waals surface area contributed by atoms with Crippen molar-refractivity contribution in [2.24, 2.45) is 0 Å². The van der Waals surface area contributed by atoms with Gasteiger partial charge >= 0.3 is 6.03 Å². The maximum absolute atomic E-state index is 13.3. The monoisotopic (exact) mass is 277 g/mol. The SMILES string of the molecule is Cc1cc(CC(C)NC(=O)Nc2ccncc2F)n[nH]1. The number of nitrogens with one attached hydrogen (secondary N) is 3. The molecule has 0 spiro atoms. The van der Waals surface area contributed by atoms with E-state index in [9.17, 15) is 9.18 Å².